The van der Waals surface area contributed by atoms with Gasteiger partial charge in [0.1, 0.15) is 5.75 Å². The van der Waals surface area contributed by atoms with Crippen molar-refractivity contribution in [2.75, 3.05) is 32.1 Å². The zero-order valence-electron chi connectivity index (χ0n) is 30.3. The smallest absolute Gasteiger partial charge is 0.319 e. The number of aliphatic hydroxyl groups is 1. The number of aromatic nitrogens is 2. The first-order valence-corrected chi connectivity index (χ1v) is 17.9. The van der Waals surface area contributed by atoms with Crippen LogP contribution in [-0.2, 0) is 13.0 Å². The van der Waals surface area contributed by atoms with Gasteiger partial charge in [-0.3, -0.25) is 9.59 Å². The molecule has 51 heavy (non-hydrogen) atoms. The molecule has 0 bridgehead atoms. The summed E-state index contributed by atoms with van der Waals surface area (Å²) < 4.78 is 6.96. The highest BCUT2D eigenvalue weighted by molar-refractivity contribution is 6.00. The molecular weight excluding hydrogens is 644 g/mol. The van der Waals surface area contributed by atoms with Crippen LogP contribution in [0.1, 0.15) is 95.7 Å². The van der Waals surface area contributed by atoms with E-state index < -0.39 is 12.1 Å². The number of hydrogen-bond acceptors (Lipinski definition) is 6. The molecule has 3 N–H and O–H groups in total. The van der Waals surface area contributed by atoms with Crippen molar-refractivity contribution in [3.05, 3.63) is 106 Å². The summed E-state index contributed by atoms with van der Waals surface area (Å²) >= 11 is 0. The maximum Gasteiger partial charge on any atom is 0.319 e. The van der Waals surface area contributed by atoms with Crippen LogP contribution in [-0.4, -0.2) is 75.4 Å². The second-order valence-corrected chi connectivity index (χ2v) is 13.2. The standard InChI is InChI=1S/C40H50N6O5/c1-6-8-19-44(20-9-7-2)39(49)36-21-27(3)46(43-36)37-18-17-32(42-40(50)41-28(4)29-15-12-16-34(23-29)51-5)24-35(37)38(48)45-25-31-14-11-10-13-30(31)22-33(45)26-47/h10-18,21,23-24,28,33,47H,6-9,19-20,22,25-26H2,1-5H3,(H2,41,42,50)/t28-,33+/m1/s1. The molecule has 11 nitrogen and oxygen atoms in total. The van der Waals surface area contributed by atoms with Crippen LogP contribution in [0, 0.1) is 6.92 Å². The van der Waals surface area contributed by atoms with Crippen LogP contribution in [0.2, 0.25) is 0 Å². The number of aryl methyl sites for hydroxylation is 1. The average molecular weight is 695 g/mol. The number of rotatable bonds is 14. The number of aliphatic hydroxyl groups excluding tert-OH is 1. The van der Waals surface area contributed by atoms with E-state index in [0.29, 0.717) is 54.6 Å². The molecule has 3 aromatic carbocycles. The zero-order valence-corrected chi connectivity index (χ0v) is 30.3. The van der Waals surface area contributed by atoms with E-state index in [0.717, 1.165) is 42.4 Å². The van der Waals surface area contributed by atoms with Crippen LogP contribution in [0.4, 0.5) is 10.5 Å². The molecule has 0 saturated carbocycles. The number of ether oxygens (including phenoxy) is 1. The summed E-state index contributed by atoms with van der Waals surface area (Å²) in [5.74, 6) is 0.234. The van der Waals surface area contributed by atoms with Gasteiger partial charge in [-0.2, -0.15) is 5.10 Å². The highest BCUT2D eigenvalue weighted by atomic mass is 16.5. The lowest BCUT2D eigenvalue weighted by atomic mass is 9.93. The van der Waals surface area contributed by atoms with Gasteiger partial charge in [-0.15, -0.1) is 0 Å². The number of methoxy groups -OCH3 is 1. The number of hydrogen-bond donors (Lipinski definition) is 3. The molecule has 2 atom stereocenters. The minimum Gasteiger partial charge on any atom is -0.497 e. The van der Waals surface area contributed by atoms with Crippen molar-refractivity contribution in [1.29, 1.82) is 0 Å². The lowest BCUT2D eigenvalue weighted by Crippen LogP contribution is -2.46. The van der Waals surface area contributed by atoms with Crippen LogP contribution < -0.4 is 15.4 Å². The van der Waals surface area contributed by atoms with E-state index in [4.69, 9.17) is 9.84 Å². The molecule has 1 aliphatic heterocycles. The molecule has 4 amide bonds. The van der Waals surface area contributed by atoms with Gasteiger partial charge in [0.2, 0.25) is 0 Å². The van der Waals surface area contributed by atoms with Gasteiger partial charge in [0.15, 0.2) is 5.69 Å². The van der Waals surface area contributed by atoms with Gasteiger partial charge >= 0.3 is 6.03 Å². The van der Waals surface area contributed by atoms with E-state index in [-0.39, 0.29) is 30.0 Å². The highest BCUT2D eigenvalue weighted by Crippen LogP contribution is 2.29. The number of nitrogens with zero attached hydrogens (tertiary/aromatic N) is 4. The maximum atomic E-state index is 14.6. The Labute approximate surface area is 300 Å². The lowest BCUT2D eigenvalue weighted by molar-refractivity contribution is 0.0544. The number of benzene rings is 3. The Morgan fingerprint density at radius 2 is 1.71 bits per heavy atom. The number of anilines is 1. The van der Waals surface area contributed by atoms with E-state index in [2.05, 4.69) is 24.5 Å². The predicted molar refractivity (Wildman–Crippen MR) is 198 cm³/mol. The fourth-order valence-corrected chi connectivity index (χ4v) is 6.47. The van der Waals surface area contributed by atoms with E-state index in [9.17, 15) is 19.5 Å². The molecule has 0 fully saturated rings. The Balaban J connectivity index is 1.49. The quantitative estimate of drug-likeness (QED) is 0.135. The summed E-state index contributed by atoms with van der Waals surface area (Å²) in [4.78, 5) is 45.1. The molecule has 2 heterocycles. The topological polar surface area (TPSA) is 129 Å². The minimum absolute atomic E-state index is 0.139. The molecule has 11 heteroatoms. The van der Waals surface area contributed by atoms with Crippen molar-refractivity contribution in [3.8, 4) is 11.4 Å². The third-order valence-corrected chi connectivity index (χ3v) is 9.44. The van der Waals surface area contributed by atoms with Crippen molar-refractivity contribution in [3.63, 3.8) is 0 Å². The van der Waals surface area contributed by atoms with Crippen LogP contribution in [0.25, 0.3) is 5.69 Å². The summed E-state index contributed by atoms with van der Waals surface area (Å²) in [7, 11) is 1.59. The fraction of sp³-hybridized carbons (Fsp3) is 0.400. The van der Waals surface area contributed by atoms with Crippen LogP contribution in [0.5, 0.6) is 5.75 Å². The van der Waals surface area contributed by atoms with Crippen molar-refractivity contribution < 1.29 is 24.2 Å². The van der Waals surface area contributed by atoms with Crippen molar-refractivity contribution in [2.24, 2.45) is 0 Å². The Kier molecular flexibility index (Phi) is 12.5. The van der Waals surface area contributed by atoms with Gasteiger partial charge in [-0.1, -0.05) is 63.1 Å². The summed E-state index contributed by atoms with van der Waals surface area (Å²) in [6.45, 7) is 9.36. The summed E-state index contributed by atoms with van der Waals surface area (Å²) in [6, 6.07) is 21.0. The third-order valence-electron chi connectivity index (χ3n) is 9.44. The normalized spacial score (nSPS) is 14.4. The van der Waals surface area contributed by atoms with Crippen LogP contribution >= 0.6 is 0 Å². The third kappa shape index (κ3) is 8.78. The molecule has 1 aromatic heterocycles. The lowest BCUT2D eigenvalue weighted by Gasteiger charge is -2.36. The average Bonchev–Trinajstić information content (AvgIpc) is 3.54. The number of nitrogens with one attached hydrogen (secondary N) is 2. The van der Waals surface area contributed by atoms with E-state index in [1.54, 1.807) is 41.0 Å². The molecule has 1 aliphatic rings. The number of unbranched alkanes of at least 4 members (excludes halogenated alkanes) is 2. The number of amides is 4. The molecular formula is C40H50N6O5. The fourth-order valence-electron chi connectivity index (χ4n) is 6.47. The minimum atomic E-state index is -0.445. The zero-order chi connectivity index (χ0) is 36.5. The van der Waals surface area contributed by atoms with Crippen molar-refractivity contribution >= 4 is 23.5 Å². The second-order valence-electron chi connectivity index (χ2n) is 13.2. The van der Waals surface area contributed by atoms with E-state index >= 15 is 0 Å². The van der Waals surface area contributed by atoms with Gasteiger partial charge in [-0.05, 0) is 86.2 Å². The molecule has 0 unspecified atom stereocenters. The largest absolute Gasteiger partial charge is 0.497 e. The second kappa shape index (κ2) is 17.2. The Morgan fingerprint density at radius 3 is 2.39 bits per heavy atom. The molecule has 0 saturated heterocycles. The summed E-state index contributed by atoms with van der Waals surface area (Å²) in [5, 5.41) is 21.0. The molecule has 0 radical (unpaired) electrons. The predicted octanol–water partition coefficient (Wildman–Crippen LogP) is 6.67. The Morgan fingerprint density at radius 1 is 0.980 bits per heavy atom. The highest BCUT2D eigenvalue weighted by Gasteiger charge is 2.32. The monoisotopic (exact) mass is 694 g/mol. The maximum absolute atomic E-state index is 14.6. The first kappa shape index (κ1) is 37.1. The summed E-state index contributed by atoms with van der Waals surface area (Å²) in [5.41, 5.74) is 5.14. The Hall–Kier alpha value is -5.16. The van der Waals surface area contributed by atoms with Crippen LogP contribution in [0.15, 0.2) is 72.8 Å². The van der Waals surface area contributed by atoms with Gasteiger partial charge in [0.05, 0.1) is 37.1 Å². The number of carbonyl (C=O) groups is 3. The molecule has 4 aromatic rings. The first-order valence-electron chi connectivity index (χ1n) is 17.9. The van der Waals surface area contributed by atoms with Gasteiger partial charge < -0.3 is 30.3 Å². The number of fused-ring (bicyclic) bond motifs is 1. The molecule has 0 aliphatic carbocycles. The van der Waals surface area contributed by atoms with Gasteiger partial charge in [0.25, 0.3) is 11.8 Å². The van der Waals surface area contributed by atoms with Gasteiger partial charge in [-0.25, -0.2) is 9.48 Å². The van der Waals surface area contributed by atoms with Crippen LogP contribution in [0.3, 0.4) is 0 Å². The Bertz CT molecular complexity index is 1830. The van der Waals surface area contributed by atoms with Crippen molar-refractivity contribution in [1.82, 2.24) is 24.9 Å². The molecule has 5 rings (SSSR count). The number of urea groups is 1. The molecule has 0 spiro atoms. The van der Waals surface area contributed by atoms with Gasteiger partial charge in [0, 0.05) is 31.0 Å². The number of carbonyl (C=O) groups excluding carboxylic acids is 3. The SMILES string of the molecule is CCCCN(CCCC)C(=O)c1cc(C)n(-c2ccc(NC(=O)N[C@H](C)c3cccc(OC)c3)cc2C(=O)N2Cc3ccccc3C[C@H]2CO)n1. The van der Waals surface area contributed by atoms with E-state index in [1.165, 1.54) is 0 Å². The van der Waals surface area contributed by atoms with Crippen molar-refractivity contribution in [2.45, 2.75) is 78.4 Å². The first-order chi connectivity index (χ1) is 24.7. The summed E-state index contributed by atoms with van der Waals surface area (Å²) in [6.07, 6.45) is 4.27. The van der Waals surface area contributed by atoms with E-state index in [1.807, 2.05) is 67.3 Å². The molecule has 270 valence electrons.